The van der Waals surface area contributed by atoms with E-state index in [0.29, 0.717) is 12.1 Å². The number of alkyl halides is 4. The lowest BCUT2D eigenvalue weighted by Gasteiger charge is -2.17. The van der Waals surface area contributed by atoms with Gasteiger partial charge in [-0.15, -0.1) is 11.6 Å². The van der Waals surface area contributed by atoms with Gasteiger partial charge in [-0.3, -0.25) is 19.7 Å². The zero-order valence-electron chi connectivity index (χ0n) is 15.3. The highest BCUT2D eigenvalue weighted by molar-refractivity contribution is 6.35. The number of carbonyl (C=O) groups excluding carboxylic acids is 2. The Kier molecular flexibility index (Phi) is 8.10. The van der Waals surface area contributed by atoms with Gasteiger partial charge in [0.05, 0.1) is 4.92 Å². The van der Waals surface area contributed by atoms with Crippen LogP contribution in [0.5, 0.6) is 0 Å². The lowest BCUT2D eigenvalue weighted by Crippen LogP contribution is -2.34. The van der Waals surface area contributed by atoms with Gasteiger partial charge in [0.2, 0.25) is 11.8 Å². The number of anilines is 2. The van der Waals surface area contributed by atoms with E-state index in [1.54, 1.807) is 0 Å². The number of carbonyl (C=O) groups is 2. The first-order chi connectivity index (χ1) is 14.4. The second kappa shape index (κ2) is 10.2. The van der Waals surface area contributed by atoms with Crippen molar-refractivity contribution in [3.05, 3.63) is 62.1 Å². The summed E-state index contributed by atoms with van der Waals surface area (Å²) in [6.07, 6.45) is -5.16. The monoisotopic (exact) mass is 497 g/mol. The van der Waals surface area contributed by atoms with Gasteiger partial charge in [0.25, 0.3) is 5.69 Å². The van der Waals surface area contributed by atoms with E-state index < -0.39 is 40.1 Å². The fraction of sp³-hybridized carbons (Fsp3) is 0.222. The van der Waals surface area contributed by atoms with Crippen molar-refractivity contribution in [2.24, 2.45) is 5.92 Å². The molecule has 2 rings (SSSR count). The van der Waals surface area contributed by atoms with Gasteiger partial charge in [0, 0.05) is 33.4 Å². The van der Waals surface area contributed by atoms with E-state index in [4.69, 9.17) is 34.8 Å². The lowest BCUT2D eigenvalue weighted by atomic mass is 10.0. The Bertz CT molecular complexity index is 998. The molecule has 1 unspecified atom stereocenters. The van der Waals surface area contributed by atoms with Gasteiger partial charge in [-0.1, -0.05) is 23.2 Å². The fourth-order valence-electron chi connectivity index (χ4n) is 2.58. The van der Waals surface area contributed by atoms with Crippen molar-refractivity contribution >= 4 is 63.7 Å². The predicted octanol–water partition coefficient (Wildman–Crippen LogP) is 5.74. The van der Waals surface area contributed by atoms with Gasteiger partial charge in [-0.25, -0.2) is 0 Å². The van der Waals surface area contributed by atoms with Crippen LogP contribution in [-0.4, -0.2) is 22.6 Å². The summed E-state index contributed by atoms with van der Waals surface area (Å²) in [5.74, 6) is -3.22. The van der Waals surface area contributed by atoms with E-state index in [1.165, 1.54) is 18.2 Å². The van der Waals surface area contributed by atoms with Crippen LogP contribution in [0.3, 0.4) is 0 Å². The highest BCUT2D eigenvalue weighted by Gasteiger charge is 2.38. The van der Waals surface area contributed by atoms with E-state index >= 15 is 0 Å². The molecule has 0 aromatic heterocycles. The molecule has 0 saturated carbocycles. The number of nitrogens with zero attached hydrogens (tertiary/aromatic N) is 1. The average molecular weight is 499 g/mol. The minimum atomic E-state index is -5.03. The Morgan fingerprint density at radius 2 is 1.55 bits per heavy atom. The van der Waals surface area contributed by atoms with Crippen molar-refractivity contribution in [2.75, 3.05) is 16.5 Å². The van der Waals surface area contributed by atoms with Gasteiger partial charge in [0.1, 0.15) is 11.5 Å². The van der Waals surface area contributed by atoms with Gasteiger partial charge in [-0.05, 0) is 36.8 Å². The molecule has 0 aliphatic carbocycles. The summed E-state index contributed by atoms with van der Waals surface area (Å²) in [4.78, 5) is 34.7. The molecule has 2 amide bonds. The molecule has 7 nitrogen and oxygen atoms in total. The molecule has 1 atom stereocenters. The molecule has 166 valence electrons. The molecule has 0 aliphatic rings. The van der Waals surface area contributed by atoms with E-state index in [2.05, 4.69) is 10.6 Å². The number of benzene rings is 2. The zero-order chi connectivity index (χ0) is 23.3. The van der Waals surface area contributed by atoms with Crippen molar-refractivity contribution in [1.29, 1.82) is 0 Å². The number of nitro groups is 1. The third-order valence-electron chi connectivity index (χ3n) is 3.93. The molecule has 31 heavy (non-hydrogen) atoms. The molecule has 13 heteroatoms. The Balaban J connectivity index is 2.25. The first kappa shape index (κ1) is 24.7. The van der Waals surface area contributed by atoms with Crippen LogP contribution in [0.15, 0.2) is 36.4 Å². The Labute approximate surface area is 188 Å². The van der Waals surface area contributed by atoms with Crippen molar-refractivity contribution in [1.82, 2.24) is 0 Å². The van der Waals surface area contributed by atoms with E-state index in [-0.39, 0.29) is 33.7 Å². The van der Waals surface area contributed by atoms with Crippen molar-refractivity contribution in [3.63, 3.8) is 0 Å². The fourth-order valence-corrected chi connectivity index (χ4v) is 3.32. The molecule has 0 radical (unpaired) electrons. The number of amides is 2. The van der Waals surface area contributed by atoms with Crippen molar-refractivity contribution < 1.29 is 27.7 Å². The van der Waals surface area contributed by atoms with Gasteiger partial charge in [0.15, 0.2) is 0 Å². The molecule has 0 bridgehead atoms. The highest BCUT2D eigenvalue weighted by Crippen LogP contribution is 2.37. The van der Waals surface area contributed by atoms with Crippen molar-refractivity contribution in [2.45, 2.75) is 12.6 Å². The second-order valence-electron chi connectivity index (χ2n) is 6.15. The molecule has 2 aromatic rings. The van der Waals surface area contributed by atoms with E-state index in [0.717, 1.165) is 6.07 Å². The Hall–Kier alpha value is -2.56. The van der Waals surface area contributed by atoms with Crippen LogP contribution >= 0.6 is 34.8 Å². The topological polar surface area (TPSA) is 101 Å². The SMILES string of the molecule is O=C(Nc1cc(Cl)cc(Cl)c1)C(CCCl)C(=O)Nc1ccc([N+](=O)[O-])c(C(F)(F)F)c1. The standard InChI is InChI=1S/C18H13Cl3F3N3O4/c19-4-3-13(17(29)26-12-6-9(20)5-10(21)7-12)16(28)25-11-1-2-15(27(30)31)14(8-11)18(22,23)24/h1-2,5-8,13H,3-4H2,(H,25,28)(H,26,29). The third kappa shape index (κ3) is 6.71. The maximum Gasteiger partial charge on any atom is 0.423 e. The second-order valence-corrected chi connectivity index (χ2v) is 7.40. The van der Waals surface area contributed by atoms with Gasteiger partial charge < -0.3 is 10.6 Å². The number of hydrogen-bond donors (Lipinski definition) is 2. The lowest BCUT2D eigenvalue weighted by molar-refractivity contribution is -0.388. The van der Waals surface area contributed by atoms with E-state index in [1.807, 2.05) is 0 Å². The predicted molar refractivity (Wildman–Crippen MR) is 111 cm³/mol. The van der Waals surface area contributed by atoms with Crippen LogP contribution in [0.1, 0.15) is 12.0 Å². The van der Waals surface area contributed by atoms with E-state index in [9.17, 15) is 32.9 Å². The van der Waals surface area contributed by atoms with Crippen LogP contribution in [0, 0.1) is 16.0 Å². The van der Waals surface area contributed by atoms with Crippen LogP contribution in [0.2, 0.25) is 10.0 Å². The van der Waals surface area contributed by atoms with Crippen LogP contribution in [0.25, 0.3) is 0 Å². The van der Waals surface area contributed by atoms with Crippen molar-refractivity contribution in [3.8, 4) is 0 Å². The van der Waals surface area contributed by atoms with Crippen LogP contribution < -0.4 is 10.6 Å². The quantitative estimate of drug-likeness (QED) is 0.220. The largest absolute Gasteiger partial charge is 0.423 e. The smallest absolute Gasteiger partial charge is 0.325 e. The maximum absolute atomic E-state index is 13.1. The molecular weight excluding hydrogens is 486 g/mol. The Morgan fingerprint density at radius 3 is 2.03 bits per heavy atom. The number of halogens is 6. The minimum absolute atomic E-state index is 0.101. The number of nitrogens with one attached hydrogen (secondary N) is 2. The van der Waals surface area contributed by atoms with Crippen LogP contribution in [-0.2, 0) is 15.8 Å². The first-order valence-electron chi connectivity index (χ1n) is 8.41. The third-order valence-corrected chi connectivity index (χ3v) is 4.58. The summed E-state index contributed by atoms with van der Waals surface area (Å²) in [5, 5.41) is 15.9. The van der Waals surface area contributed by atoms with Gasteiger partial charge >= 0.3 is 6.18 Å². The first-order valence-corrected chi connectivity index (χ1v) is 9.71. The number of nitro benzene ring substituents is 1. The summed E-state index contributed by atoms with van der Waals surface area (Å²) < 4.78 is 39.4. The normalized spacial score (nSPS) is 12.2. The maximum atomic E-state index is 13.1. The number of rotatable bonds is 7. The zero-order valence-corrected chi connectivity index (χ0v) is 17.6. The summed E-state index contributed by atoms with van der Waals surface area (Å²) in [6.45, 7) is 0. The Morgan fingerprint density at radius 1 is 1.00 bits per heavy atom. The highest BCUT2D eigenvalue weighted by atomic mass is 35.5. The average Bonchev–Trinajstić information content (AvgIpc) is 2.64. The summed E-state index contributed by atoms with van der Waals surface area (Å²) in [5.41, 5.74) is -2.88. The molecular formula is C18H13Cl3F3N3O4. The molecule has 2 N–H and O–H groups in total. The molecule has 0 fully saturated rings. The summed E-state index contributed by atoms with van der Waals surface area (Å²) >= 11 is 17.4. The molecule has 0 spiro atoms. The minimum Gasteiger partial charge on any atom is -0.325 e. The molecule has 2 aromatic carbocycles. The summed E-state index contributed by atoms with van der Waals surface area (Å²) in [6, 6.07) is 6.15. The molecule has 0 saturated heterocycles. The molecule has 0 aliphatic heterocycles. The van der Waals surface area contributed by atoms with Crippen LogP contribution in [0.4, 0.5) is 30.2 Å². The number of hydrogen-bond acceptors (Lipinski definition) is 4. The summed E-state index contributed by atoms with van der Waals surface area (Å²) in [7, 11) is 0. The van der Waals surface area contributed by atoms with Gasteiger partial charge in [-0.2, -0.15) is 13.2 Å². The molecule has 0 heterocycles.